The van der Waals surface area contributed by atoms with Crippen LogP contribution in [0.25, 0.3) is 0 Å². The van der Waals surface area contributed by atoms with Crippen molar-refractivity contribution in [1.29, 1.82) is 0 Å². The molecular formula is C16H15Cl2N5O. The molecule has 1 aromatic heterocycles. The molecule has 0 radical (unpaired) electrons. The lowest BCUT2D eigenvalue weighted by Gasteiger charge is -2.24. The summed E-state index contributed by atoms with van der Waals surface area (Å²) >= 11 is 12.3. The van der Waals surface area contributed by atoms with Crippen LogP contribution in [0, 0.1) is 0 Å². The van der Waals surface area contributed by atoms with Gasteiger partial charge in [0.15, 0.2) is 5.82 Å². The van der Waals surface area contributed by atoms with E-state index in [9.17, 15) is 0 Å². The molecule has 0 spiro atoms. The Morgan fingerprint density at radius 1 is 1.08 bits per heavy atom. The van der Waals surface area contributed by atoms with Gasteiger partial charge in [-0.05, 0) is 42.0 Å². The molecule has 0 saturated heterocycles. The first kappa shape index (κ1) is 16.5. The molecule has 0 aliphatic rings. The summed E-state index contributed by atoms with van der Waals surface area (Å²) in [6.07, 6.45) is 0. The summed E-state index contributed by atoms with van der Waals surface area (Å²) < 4.78 is 5.21. The Hall–Kier alpha value is -2.31. The molecule has 3 aromatic rings. The molecule has 3 rings (SSSR count). The van der Waals surface area contributed by atoms with Crippen LogP contribution in [0.1, 0.15) is 11.4 Å². The third kappa shape index (κ3) is 3.96. The fourth-order valence-corrected chi connectivity index (χ4v) is 2.78. The minimum absolute atomic E-state index is 0.488. The lowest BCUT2D eigenvalue weighted by molar-refractivity contribution is 0.415. The standard InChI is InChI=1S/C16H15Cl2N5O/c1-24-14-6-4-13(5-7-14)23(10-16-19-21-22-20-16)9-11-2-3-12(17)8-15(11)18/h2-8H,9-10H2,1H3,(H,19,20,21,22). The number of tetrazole rings is 1. The summed E-state index contributed by atoms with van der Waals surface area (Å²) in [5.74, 6) is 1.39. The number of ether oxygens (including phenoxy) is 1. The van der Waals surface area contributed by atoms with Crippen molar-refractivity contribution in [3.05, 3.63) is 63.9 Å². The van der Waals surface area contributed by atoms with Crippen LogP contribution >= 0.6 is 23.2 Å². The van der Waals surface area contributed by atoms with Crippen molar-refractivity contribution in [2.45, 2.75) is 13.1 Å². The highest BCUT2D eigenvalue weighted by molar-refractivity contribution is 6.35. The maximum atomic E-state index is 6.31. The zero-order valence-electron chi connectivity index (χ0n) is 12.9. The second-order valence-corrected chi connectivity index (χ2v) is 5.96. The summed E-state index contributed by atoms with van der Waals surface area (Å²) in [5, 5.41) is 15.4. The summed E-state index contributed by atoms with van der Waals surface area (Å²) in [6, 6.07) is 13.2. The van der Waals surface area contributed by atoms with Crippen LogP contribution in [0.5, 0.6) is 5.75 Å². The van der Waals surface area contributed by atoms with E-state index < -0.39 is 0 Å². The minimum atomic E-state index is 0.488. The molecule has 0 saturated carbocycles. The predicted molar refractivity (Wildman–Crippen MR) is 93.5 cm³/mol. The van der Waals surface area contributed by atoms with E-state index in [1.165, 1.54) is 0 Å². The van der Waals surface area contributed by atoms with Crippen LogP contribution in [0.4, 0.5) is 5.69 Å². The number of hydrogen-bond acceptors (Lipinski definition) is 5. The lowest BCUT2D eigenvalue weighted by atomic mass is 10.2. The first-order chi connectivity index (χ1) is 11.7. The number of aromatic nitrogens is 4. The van der Waals surface area contributed by atoms with Gasteiger partial charge in [0.25, 0.3) is 0 Å². The van der Waals surface area contributed by atoms with Gasteiger partial charge in [-0.2, -0.15) is 5.21 Å². The molecule has 24 heavy (non-hydrogen) atoms. The number of nitrogens with zero attached hydrogens (tertiary/aromatic N) is 4. The molecule has 0 fully saturated rings. The van der Waals surface area contributed by atoms with Gasteiger partial charge in [-0.15, -0.1) is 10.2 Å². The van der Waals surface area contributed by atoms with Crippen LogP contribution in [0.3, 0.4) is 0 Å². The fourth-order valence-electron chi connectivity index (χ4n) is 2.31. The van der Waals surface area contributed by atoms with Gasteiger partial charge in [-0.3, -0.25) is 0 Å². The van der Waals surface area contributed by atoms with Crippen molar-refractivity contribution < 1.29 is 4.74 Å². The number of halogens is 2. The van der Waals surface area contributed by atoms with Crippen molar-refractivity contribution in [2.75, 3.05) is 12.0 Å². The Bertz CT molecular complexity index is 793. The molecule has 1 heterocycles. The van der Waals surface area contributed by atoms with Gasteiger partial charge >= 0.3 is 0 Å². The Morgan fingerprint density at radius 2 is 1.88 bits per heavy atom. The Balaban J connectivity index is 1.88. The monoisotopic (exact) mass is 363 g/mol. The molecule has 124 valence electrons. The average molecular weight is 364 g/mol. The number of H-pyrrole nitrogens is 1. The van der Waals surface area contributed by atoms with E-state index in [0.29, 0.717) is 29.0 Å². The van der Waals surface area contributed by atoms with Crippen LogP contribution in [-0.4, -0.2) is 27.7 Å². The Labute approximate surface area is 149 Å². The Kier molecular flexibility index (Phi) is 5.17. The summed E-state index contributed by atoms with van der Waals surface area (Å²) in [6.45, 7) is 1.07. The quantitative estimate of drug-likeness (QED) is 0.722. The van der Waals surface area contributed by atoms with Gasteiger partial charge in [-0.1, -0.05) is 34.5 Å². The molecule has 1 N–H and O–H groups in total. The molecule has 0 atom stereocenters. The summed E-state index contributed by atoms with van der Waals surface area (Å²) in [7, 11) is 1.64. The molecule has 0 aliphatic heterocycles. The molecule has 8 heteroatoms. The second kappa shape index (κ2) is 7.51. The number of aromatic amines is 1. The van der Waals surface area contributed by atoms with E-state index in [1.54, 1.807) is 13.2 Å². The summed E-state index contributed by atoms with van der Waals surface area (Å²) in [4.78, 5) is 2.10. The molecule has 2 aromatic carbocycles. The Morgan fingerprint density at radius 3 is 2.50 bits per heavy atom. The number of nitrogens with one attached hydrogen (secondary N) is 1. The summed E-state index contributed by atoms with van der Waals surface area (Å²) in [5.41, 5.74) is 1.95. The number of benzene rings is 2. The van der Waals surface area contributed by atoms with E-state index in [4.69, 9.17) is 27.9 Å². The third-order valence-corrected chi connectivity index (χ3v) is 4.12. The van der Waals surface area contributed by atoms with Gasteiger partial charge in [-0.25, -0.2) is 0 Å². The van der Waals surface area contributed by atoms with E-state index in [1.807, 2.05) is 36.4 Å². The van der Waals surface area contributed by atoms with Crippen molar-refractivity contribution in [2.24, 2.45) is 0 Å². The molecule has 0 unspecified atom stereocenters. The van der Waals surface area contributed by atoms with Gasteiger partial charge in [0, 0.05) is 22.3 Å². The van der Waals surface area contributed by atoms with Crippen LogP contribution in [-0.2, 0) is 13.1 Å². The maximum Gasteiger partial charge on any atom is 0.193 e. The molecule has 0 bridgehead atoms. The normalized spacial score (nSPS) is 10.6. The van der Waals surface area contributed by atoms with Gasteiger partial charge in [0.1, 0.15) is 5.75 Å². The highest BCUT2D eigenvalue weighted by atomic mass is 35.5. The average Bonchev–Trinajstić information content (AvgIpc) is 3.10. The molecule has 0 aliphatic carbocycles. The highest BCUT2D eigenvalue weighted by Crippen LogP contribution is 2.26. The van der Waals surface area contributed by atoms with Gasteiger partial charge < -0.3 is 9.64 Å². The van der Waals surface area contributed by atoms with Crippen molar-refractivity contribution in [3.63, 3.8) is 0 Å². The maximum absolute atomic E-state index is 6.31. The lowest BCUT2D eigenvalue weighted by Crippen LogP contribution is -2.23. The topological polar surface area (TPSA) is 66.9 Å². The van der Waals surface area contributed by atoms with Gasteiger partial charge in [0.05, 0.1) is 13.7 Å². The number of anilines is 1. The SMILES string of the molecule is COc1ccc(N(Cc2nn[nH]n2)Cc2ccc(Cl)cc2Cl)cc1. The van der Waals surface area contributed by atoms with E-state index in [-0.39, 0.29) is 0 Å². The zero-order valence-corrected chi connectivity index (χ0v) is 14.4. The van der Waals surface area contributed by atoms with Crippen LogP contribution in [0.2, 0.25) is 10.0 Å². The largest absolute Gasteiger partial charge is 0.497 e. The number of hydrogen-bond donors (Lipinski definition) is 1. The van der Waals surface area contributed by atoms with Crippen LogP contribution in [0.15, 0.2) is 42.5 Å². The number of rotatable bonds is 6. The van der Waals surface area contributed by atoms with Gasteiger partial charge in [0.2, 0.25) is 0 Å². The molecule has 6 nitrogen and oxygen atoms in total. The van der Waals surface area contributed by atoms with E-state index >= 15 is 0 Å². The third-order valence-electron chi connectivity index (χ3n) is 3.54. The van der Waals surface area contributed by atoms with E-state index in [0.717, 1.165) is 17.0 Å². The molecular weight excluding hydrogens is 349 g/mol. The van der Waals surface area contributed by atoms with Crippen LogP contribution < -0.4 is 9.64 Å². The van der Waals surface area contributed by atoms with Crippen molar-refractivity contribution >= 4 is 28.9 Å². The number of methoxy groups -OCH3 is 1. The highest BCUT2D eigenvalue weighted by Gasteiger charge is 2.13. The predicted octanol–water partition coefficient (Wildman–Crippen LogP) is 3.72. The molecule has 0 amide bonds. The smallest absolute Gasteiger partial charge is 0.193 e. The first-order valence-electron chi connectivity index (χ1n) is 7.21. The van der Waals surface area contributed by atoms with Crippen molar-refractivity contribution in [3.8, 4) is 5.75 Å². The minimum Gasteiger partial charge on any atom is -0.497 e. The van der Waals surface area contributed by atoms with E-state index in [2.05, 4.69) is 25.5 Å². The zero-order chi connectivity index (χ0) is 16.9. The second-order valence-electron chi connectivity index (χ2n) is 5.12. The first-order valence-corrected chi connectivity index (χ1v) is 7.96. The fraction of sp³-hybridized carbons (Fsp3) is 0.188. The van der Waals surface area contributed by atoms with Crippen molar-refractivity contribution in [1.82, 2.24) is 20.6 Å².